The minimum Gasteiger partial charge on any atom is -0.493 e. The van der Waals surface area contributed by atoms with Gasteiger partial charge in [0.25, 0.3) is 0 Å². The largest absolute Gasteiger partial charge is 0.493 e. The summed E-state index contributed by atoms with van der Waals surface area (Å²) < 4.78 is 1.44. The Kier molecular flexibility index (Phi) is 29.6. The van der Waals surface area contributed by atoms with Crippen LogP contribution in [0.4, 0.5) is 0 Å². The molecule has 2 aromatic rings. The molecule has 0 saturated heterocycles. The predicted molar refractivity (Wildman–Crippen MR) is 237 cm³/mol. The van der Waals surface area contributed by atoms with Crippen LogP contribution >= 0.6 is 0 Å². The summed E-state index contributed by atoms with van der Waals surface area (Å²) in [6.07, 6.45) is 39.7. The number of nitrogens with zero attached hydrogens (tertiary/aromatic N) is 2. The van der Waals surface area contributed by atoms with Gasteiger partial charge in [-0.1, -0.05) is 96.4 Å². The SMILES string of the molecule is CCCCCCCC[CH2][Ni][CH2]CCCCCCCC.CCCCCCCCc1ccc(C2=C(CCCC)C=C(c3cccc(CCCCC)c3)[N+]2=[N-])cc1. The molecule has 0 amide bonds. The Bertz CT molecular complexity index is 1260. The van der Waals surface area contributed by atoms with Gasteiger partial charge in [-0.2, -0.15) is 0 Å². The van der Waals surface area contributed by atoms with Gasteiger partial charge in [0, 0.05) is 22.8 Å². The topological polar surface area (TPSA) is 25.3 Å². The fraction of sp³-hybridized carbons (Fsp3) is 0.686. The molecule has 0 aliphatic carbocycles. The molecule has 0 saturated carbocycles. The third kappa shape index (κ3) is 21.4. The monoisotopic (exact) mass is 783 g/mol. The molecule has 0 spiro atoms. The number of benzene rings is 2. The number of rotatable bonds is 32. The van der Waals surface area contributed by atoms with Crippen molar-refractivity contribution in [1.82, 2.24) is 0 Å². The molecule has 0 unspecified atom stereocenters. The standard InChI is InChI=1S/C33H46N2.2C9H19.Ni/c1-4-7-10-11-12-14-16-27-21-23-29(24-22-27)33-31(19-9-6-3)26-32(35(33)34)30-20-15-18-28(25-30)17-13-8-5-2;2*1-3-5-7-9-8-6-4-2;/h15,18,20-26H,4-14,16-17,19H2,1-3H3;2*1,3-9H2,2H3;. The van der Waals surface area contributed by atoms with E-state index < -0.39 is 0 Å². The van der Waals surface area contributed by atoms with Crippen LogP contribution in [-0.2, 0) is 27.3 Å². The Balaban J connectivity index is 0.000000451. The van der Waals surface area contributed by atoms with Crippen LogP contribution < -0.4 is 0 Å². The van der Waals surface area contributed by atoms with Gasteiger partial charge in [0.15, 0.2) is 0 Å². The summed E-state index contributed by atoms with van der Waals surface area (Å²) in [5, 5.41) is 2.85. The first-order valence-corrected chi connectivity index (χ1v) is 24.6. The zero-order chi connectivity index (χ0) is 38.9. The van der Waals surface area contributed by atoms with Crippen LogP contribution in [-0.4, -0.2) is 4.70 Å². The molecule has 1 heterocycles. The van der Waals surface area contributed by atoms with Gasteiger partial charge in [0.2, 0.25) is 11.4 Å². The van der Waals surface area contributed by atoms with E-state index in [1.807, 2.05) is 14.4 Å². The Labute approximate surface area is 342 Å². The van der Waals surface area contributed by atoms with Crippen LogP contribution in [0.25, 0.3) is 16.9 Å². The first-order chi connectivity index (χ1) is 26.6. The maximum atomic E-state index is 11.4. The van der Waals surface area contributed by atoms with Crippen molar-refractivity contribution >= 4 is 11.4 Å². The van der Waals surface area contributed by atoms with Crippen LogP contribution in [0.1, 0.15) is 224 Å². The molecule has 0 fully saturated rings. The van der Waals surface area contributed by atoms with Crippen molar-refractivity contribution in [3.05, 3.63) is 88.0 Å². The zero-order valence-electron chi connectivity index (χ0n) is 36.1. The summed E-state index contributed by atoms with van der Waals surface area (Å²) in [6, 6.07) is 17.6. The molecule has 308 valence electrons. The Morgan fingerprint density at radius 3 is 1.46 bits per heavy atom. The zero-order valence-corrected chi connectivity index (χ0v) is 37.1. The quantitative estimate of drug-likeness (QED) is 0.0401. The summed E-state index contributed by atoms with van der Waals surface area (Å²) in [5.41, 5.74) is 19.4. The second-order valence-electron chi connectivity index (χ2n) is 15.9. The molecule has 3 rings (SSSR count). The minimum absolute atomic E-state index is 0.902. The third-order valence-corrected chi connectivity index (χ3v) is 12.2. The fourth-order valence-corrected chi connectivity index (χ4v) is 8.57. The van der Waals surface area contributed by atoms with E-state index in [0.717, 1.165) is 54.6 Å². The predicted octanol–water partition coefficient (Wildman–Crippen LogP) is 17.7. The molecule has 3 heteroatoms. The van der Waals surface area contributed by atoms with E-state index in [2.05, 4.69) is 89.2 Å². The summed E-state index contributed by atoms with van der Waals surface area (Å²) >= 11 is 2.01. The first kappa shape index (κ1) is 48.2. The number of hydrogen-bond acceptors (Lipinski definition) is 0. The number of aryl methyl sites for hydroxylation is 2. The van der Waals surface area contributed by atoms with Crippen molar-refractivity contribution in [3.63, 3.8) is 0 Å². The molecule has 2 aromatic carbocycles. The van der Waals surface area contributed by atoms with Crippen LogP contribution in [0.15, 0.2) is 60.2 Å². The van der Waals surface area contributed by atoms with Crippen molar-refractivity contribution in [3.8, 4) is 0 Å². The molecular weight excluding hydrogens is 699 g/mol. The van der Waals surface area contributed by atoms with Gasteiger partial charge in [-0.15, -0.1) is 0 Å². The van der Waals surface area contributed by atoms with E-state index in [1.54, 1.807) is 0 Å². The summed E-state index contributed by atoms with van der Waals surface area (Å²) in [4.78, 5) is 0. The van der Waals surface area contributed by atoms with Crippen molar-refractivity contribution in [2.75, 3.05) is 0 Å². The average Bonchev–Trinajstić information content (AvgIpc) is 3.53. The van der Waals surface area contributed by atoms with Gasteiger partial charge >= 0.3 is 129 Å². The summed E-state index contributed by atoms with van der Waals surface area (Å²) in [7, 11) is 0. The molecule has 0 bridgehead atoms. The Morgan fingerprint density at radius 2 is 0.907 bits per heavy atom. The van der Waals surface area contributed by atoms with Crippen LogP contribution in [0.2, 0.25) is 10.8 Å². The average molecular weight is 784 g/mol. The van der Waals surface area contributed by atoms with Gasteiger partial charge in [-0.3, -0.25) is 0 Å². The second-order valence-corrected chi connectivity index (χ2v) is 17.4. The van der Waals surface area contributed by atoms with Crippen LogP contribution in [0.3, 0.4) is 0 Å². The van der Waals surface area contributed by atoms with Gasteiger partial charge in [-0.05, 0) is 73.9 Å². The molecule has 0 radical (unpaired) electrons. The van der Waals surface area contributed by atoms with E-state index in [0.29, 0.717) is 0 Å². The fourth-order valence-electron chi connectivity index (χ4n) is 7.34. The van der Waals surface area contributed by atoms with Gasteiger partial charge in [0.05, 0.1) is 0 Å². The van der Waals surface area contributed by atoms with Crippen molar-refractivity contribution in [2.45, 2.75) is 225 Å². The van der Waals surface area contributed by atoms with Gasteiger partial charge in [0.1, 0.15) is 0 Å². The maximum Gasteiger partial charge on any atom is 0.210 e. The van der Waals surface area contributed by atoms with Crippen LogP contribution in [0.5, 0.6) is 0 Å². The molecule has 54 heavy (non-hydrogen) atoms. The molecule has 0 aromatic heterocycles. The van der Waals surface area contributed by atoms with E-state index in [4.69, 9.17) is 0 Å². The summed E-state index contributed by atoms with van der Waals surface area (Å²) in [5.74, 6) is 0. The van der Waals surface area contributed by atoms with Crippen molar-refractivity contribution in [2.24, 2.45) is 0 Å². The van der Waals surface area contributed by atoms with E-state index in [9.17, 15) is 5.53 Å². The van der Waals surface area contributed by atoms with Crippen molar-refractivity contribution in [1.29, 1.82) is 0 Å². The number of hydrogen-bond donors (Lipinski definition) is 0. The maximum absolute atomic E-state index is 11.4. The Hall–Kier alpha value is -1.99. The smallest absolute Gasteiger partial charge is 0.210 e. The van der Waals surface area contributed by atoms with Crippen LogP contribution in [0, 0.1) is 0 Å². The molecule has 0 N–H and O–H groups in total. The molecule has 1 aliphatic rings. The number of unbranched alkanes of at least 4 members (excludes halogenated alkanes) is 20. The minimum atomic E-state index is 0.902. The van der Waals surface area contributed by atoms with E-state index in [-0.39, 0.29) is 0 Å². The first-order valence-electron chi connectivity index (χ1n) is 23.2. The Morgan fingerprint density at radius 1 is 0.444 bits per heavy atom. The number of allylic oxidation sites excluding steroid dienone is 2. The molecule has 2 nitrogen and oxygen atoms in total. The third-order valence-electron chi connectivity index (χ3n) is 10.8. The summed E-state index contributed by atoms with van der Waals surface area (Å²) in [6.45, 7) is 11.3. The van der Waals surface area contributed by atoms with Gasteiger partial charge < -0.3 is 5.53 Å². The van der Waals surface area contributed by atoms with Gasteiger partial charge in [-0.25, -0.2) is 4.70 Å². The second kappa shape index (κ2) is 33.2. The molecule has 0 atom stereocenters. The molecule has 1 aliphatic heterocycles. The van der Waals surface area contributed by atoms with Crippen molar-refractivity contribution < 1.29 is 19.1 Å². The molecular formula is C51H84N2Ni. The van der Waals surface area contributed by atoms with E-state index >= 15 is 0 Å². The normalized spacial score (nSPS) is 12.8. The van der Waals surface area contributed by atoms with E-state index in [1.165, 1.54) is 180 Å².